The van der Waals surface area contributed by atoms with Crippen LogP contribution in [0.5, 0.6) is 0 Å². The van der Waals surface area contributed by atoms with Gasteiger partial charge in [-0.05, 0) is 24.6 Å². The zero-order chi connectivity index (χ0) is 15.8. The highest BCUT2D eigenvalue weighted by atomic mass is 19.1. The van der Waals surface area contributed by atoms with Crippen LogP contribution in [-0.2, 0) is 13.0 Å². The van der Waals surface area contributed by atoms with Crippen molar-refractivity contribution in [3.8, 4) is 5.69 Å². The van der Waals surface area contributed by atoms with E-state index in [1.165, 1.54) is 6.07 Å². The average molecular weight is 311 g/mol. The van der Waals surface area contributed by atoms with E-state index in [1.807, 2.05) is 11.5 Å². The molecular formula is C17H18FN5. The van der Waals surface area contributed by atoms with Crippen molar-refractivity contribution >= 4 is 5.84 Å². The maximum Gasteiger partial charge on any atom is 0.159 e. The largest absolute Gasteiger partial charge is 0.352 e. The predicted molar refractivity (Wildman–Crippen MR) is 86.3 cm³/mol. The zero-order valence-electron chi connectivity index (χ0n) is 13.0. The van der Waals surface area contributed by atoms with E-state index >= 15 is 0 Å². The second kappa shape index (κ2) is 5.61. The van der Waals surface area contributed by atoms with Gasteiger partial charge < -0.3 is 4.90 Å². The topological polar surface area (TPSA) is 46.3 Å². The molecule has 2 aromatic rings. The Hall–Kier alpha value is -2.50. The Morgan fingerprint density at radius 3 is 2.91 bits per heavy atom. The van der Waals surface area contributed by atoms with Crippen LogP contribution in [0.1, 0.15) is 30.6 Å². The van der Waals surface area contributed by atoms with Crippen LogP contribution >= 0.6 is 0 Å². The molecular weight excluding hydrogens is 293 g/mol. The van der Waals surface area contributed by atoms with Crippen molar-refractivity contribution in [2.24, 2.45) is 4.99 Å². The molecule has 0 saturated heterocycles. The van der Waals surface area contributed by atoms with E-state index in [4.69, 9.17) is 4.99 Å². The lowest BCUT2D eigenvalue weighted by molar-refractivity contribution is 0.453. The van der Waals surface area contributed by atoms with Crippen LogP contribution in [0.15, 0.2) is 35.3 Å². The van der Waals surface area contributed by atoms with E-state index in [9.17, 15) is 4.39 Å². The highest BCUT2D eigenvalue weighted by molar-refractivity contribution is 6.02. The van der Waals surface area contributed by atoms with Crippen molar-refractivity contribution in [2.45, 2.75) is 26.3 Å². The molecule has 0 spiro atoms. The first kappa shape index (κ1) is 14.1. The summed E-state index contributed by atoms with van der Waals surface area (Å²) in [6.07, 6.45) is 6.06. The molecule has 0 aliphatic carbocycles. The molecule has 23 heavy (non-hydrogen) atoms. The monoisotopic (exact) mass is 311 g/mol. The molecule has 0 atom stereocenters. The summed E-state index contributed by atoms with van der Waals surface area (Å²) in [5.41, 5.74) is 1.72. The van der Waals surface area contributed by atoms with Crippen molar-refractivity contribution in [2.75, 3.05) is 13.1 Å². The van der Waals surface area contributed by atoms with Gasteiger partial charge in [-0.1, -0.05) is 19.1 Å². The number of benzene rings is 1. The van der Waals surface area contributed by atoms with Crippen LogP contribution in [0.4, 0.5) is 4.39 Å². The highest BCUT2D eigenvalue weighted by Gasteiger charge is 2.25. The van der Waals surface area contributed by atoms with E-state index in [0.717, 1.165) is 54.7 Å². The lowest BCUT2D eigenvalue weighted by Gasteiger charge is -2.27. The number of rotatable bonds is 1. The number of hydrogen-bond donors (Lipinski definition) is 0. The molecule has 4 rings (SSSR count). The van der Waals surface area contributed by atoms with Crippen LogP contribution in [0.25, 0.3) is 5.69 Å². The maximum atomic E-state index is 13.9. The minimum absolute atomic E-state index is 0.251. The minimum Gasteiger partial charge on any atom is -0.352 e. The fourth-order valence-corrected chi connectivity index (χ4v) is 3.18. The van der Waals surface area contributed by atoms with Gasteiger partial charge in [0.1, 0.15) is 24.0 Å². The number of aryl methyl sites for hydroxylation is 1. The van der Waals surface area contributed by atoms with E-state index in [0.29, 0.717) is 6.54 Å². The molecule has 2 aliphatic heterocycles. The van der Waals surface area contributed by atoms with Crippen LogP contribution < -0.4 is 0 Å². The zero-order valence-corrected chi connectivity index (χ0v) is 13.0. The molecule has 1 aromatic carbocycles. The van der Waals surface area contributed by atoms with Crippen molar-refractivity contribution in [3.05, 3.63) is 53.4 Å². The summed E-state index contributed by atoms with van der Waals surface area (Å²) >= 11 is 0. The maximum absolute atomic E-state index is 13.9. The third kappa shape index (κ3) is 2.34. The number of hydrogen-bond acceptors (Lipinski definition) is 4. The first-order chi connectivity index (χ1) is 11.3. The summed E-state index contributed by atoms with van der Waals surface area (Å²) < 4.78 is 15.9. The van der Waals surface area contributed by atoms with Gasteiger partial charge in [-0.25, -0.2) is 4.39 Å². The van der Waals surface area contributed by atoms with Crippen LogP contribution in [0, 0.1) is 5.82 Å². The Labute approximate surface area is 134 Å². The Morgan fingerprint density at radius 2 is 2.13 bits per heavy atom. The first-order valence-electron chi connectivity index (χ1n) is 7.95. The molecule has 0 saturated carbocycles. The summed E-state index contributed by atoms with van der Waals surface area (Å²) in [6, 6.07) is 4.86. The van der Waals surface area contributed by atoms with Gasteiger partial charge in [0.25, 0.3) is 0 Å². The Bertz CT molecular complexity index is 805. The molecule has 6 heteroatoms. The third-order valence-electron chi connectivity index (χ3n) is 4.28. The molecule has 118 valence electrons. The smallest absolute Gasteiger partial charge is 0.159 e. The van der Waals surface area contributed by atoms with Gasteiger partial charge in [-0.2, -0.15) is 0 Å². The van der Waals surface area contributed by atoms with E-state index in [-0.39, 0.29) is 5.82 Å². The van der Waals surface area contributed by atoms with Crippen LogP contribution in [-0.4, -0.2) is 38.6 Å². The quantitative estimate of drug-likeness (QED) is 0.760. The average Bonchev–Trinajstić information content (AvgIpc) is 2.92. The summed E-state index contributed by atoms with van der Waals surface area (Å²) in [5, 5.41) is 8.51. The fraction of sp³-hybridized carbons (Fsp3) is 0.353. The third-order valence-corrected chi connectivity index (χ3v) is 4.28. The van der Waals surface area contributed by atoms with Gasteiger partial charge in [-0.3, -0.25) is 9.56 Å². The lowest BCUT2D eigenvalue weighted by Crippen LogP contribution is -2.35. The predicted octanol–water partition coefficient (Wildman–Crippen LogP) is 2.49. The van der Waals surface area contributed by atoms with Gasteiger partial charge in [0.05, 0.1) is 5.69 Å². The first-order valence-corrected chi connectivity index (χ1v) is 7.95. The second-order valence-corrected chi connectivity index (χ2v) is 5.73. The number of fused-ring (bicyclic) bond motifs is 3. The fourth-order valence-electron chi connectivity index (χ4n) is 3.18. The molecule has 0 fully saturated rings. The summed E-state index contributed by atoms with van der Waals surface area (Å²) in [6.45, 7) is 4.20. The number of aliphatic imine (C=N–C) groups is 1. The van der Waals surface area contributed by atoms with Crippen molar-refractivity contribution in [1.29, 1.82) is 0 Å². The SMILES string of the molecule is CCc1nnc2n1-c1ccc(F)cc1C(N1CC=CCC1)=NC2. The van der Waals surface area contributed by atoms with Gasteiger partial charge >= 0.3 is 0 Å². The van der Waals surface area contributed by atoms with E-state index in [2.05, 4.69) is 27.2 Å². The minimum atomic E-state index is -0.251. The molecule has 0 bridgehead atoms. The Morgan fingerprint density at radius 1 is 1.22 bits per heavy atom. The van der Waals surface area contributed by atoms with Crippen molar-refractivity contribution < 1.29 is 4.39 Å². The van der Waals surface area contributed by atoms with Crippen molar-refractivity contribution in [1.82, 2.24) is 19.7 Å². The van der Waals surface area contributed by atoms with Crippen molar-refractivity contribution in [3.63, 3.8) is 0 Å². The number of amidine groups is 1. The van der Waals surface area contributed by atoms with E-state index in [1.54, 1.807) is 12.1 Å². The van der Waals surface area contributed by atoms with E-state index < -0.39 is 0 Å². The standard InChI is InChI=1S/C17H18FN5/c1-2-15-20-21-16-11-19-17(22-8-4-3-5-9-22)13-10-12(18)6-7-14(13)23(15)16/h3-4,6-7,10H,2,5,8-9,11H2,1H3. The molecule has 0 amide bonds. The molecule has 2 aliphatic rings. The summed E-state index contributed by atoms with van der Waals surface area (Å²) in [7, 11) is 0. The summed E-state index contributed by atoms with van der Waals surface area (Å²) in [4.78, 5) is 6.94. The van der Waals surface area contributed by atoms with Gasteiger partial charge in [0, 0.05) is 25.1 Å². The number of aromatic nitrogens is 3. The molecule has 0 N–H and O–H groups in total. The Kier molecular flexibility index (Phi) is 3.44. The molecule has 3 heterocycles. The molecule has 0 radical (unpaired) electrons. The van der Waals surface area contributed by atoms with Gasteiger partial charge in [-0.15, -0.1) is 10.2 Å². The van der Waals surface area contributed by atoms with Crippen LogP contribution in [0.2, 0.25) is 0 Å². The van der Waals surface area contributed by atoms with Gasteiger partial charge in [0.2, 0.25) is 0 Å². The van der Waals surface area contributed by atoms with Gasteiger partial charge in [0.15, 0.2) is 5.82 Å². The number of nitrogens with zero attached hydrogens (tertiary/aromatic N) is 5. The molecule has 1 aromatic heterocycles. The molecule has 5 nitrogen and oxygen atoms in total. The normalized spacial score (nSPS) is 16.6. The Balaban J connectivity index is 1.90. The summed E-state index contributed by atoms with van der Waals surface area (Å²) in [5.74, 6) is 2.27. The number of halogens is 1. The second-order valence-electron chi connectivity index (χ2n) is 5.73. The molecule has 0 unspecified atom stereocenters. The van der Waals surface area contributed by atoms with Crippen LogP contribution in [0.3, 0.4) is 0 Å². The lowest BCUT2D eigenvalue weighted by atomic mass is 10.1. The highest BCUT2D eigenvalue weighted by Crippen LogP contribution is 2.26.